The van der Waals surface area contributed by atoms with Crippen molar-refractivity contribution in [1.29, 1.82) is 15.8 Å². The highest BCUT2D eigenvalue weighted by Crippen LogP contribution is 2.58. The largest absolute Gasteiger partial charge is 0.198 e. The lowest BCUT2D eigenvalue weighted by Gasteiger charge is -2.41. The standard InChI is InChI=1S/C39H35N3S2/c40-20-23-15-27(21-41)37(28(16-23)22-42)26-18-24(29-9-5-11-33-31-7-1-3-13-35(31)43-38(29)33)17-25(19-26)30-10-6-12-34-32-8-2-4-14-36(32)44-39(30)34/h1-9,12-15,18-19,23-24,28-31,33-35,37-39H,10-11,16-17H2/t23?,24-,28?,29?,30?,31?,33?,34?,35?,37?,38?,39?/m0/s1. The van der Waals surface area contributed by atoms with Crippen LogP contribution in [0, 0.1) is 81.3 Å². The molecule has 1 fully saturated rings. The zero-order valence-electron chi connectivity index (χ0n) is 24.6. The lowest BCUT2D eigenvalue weighted by atomic mass is 9.65. The highest BCUT2D eigenvalue weighted by molar-refractivity contribution is 8.01. The number of rotatable bonds is 3. The summed E-state index contributed by atoms with van der Waals surface area (Å²) in [4.78, 5) is 1.40. The Balaban J connectivity index is 1.19. The fraction of sp³-hybridized carbons (Fsp3) is 0.410. The Bertz CT molecular complexity index is 1700. The van der Waals surface area contributed by atoms with E-state index in [9.17, 15) is 15.8 Å². The molecule has 8 rings (SSSR count). The normalized spacial score (nSPS) is 41.1. The summed E-state index contributed by atoms with van der Waals surface area (Å²) in [6.07, 6.45) is 29.4. The number of fused-ring (bicyclic) bond motifs is 6. The van der Waals surface area contributed by atoms with Gasteiger partial charge in [0.2, 0.25) is 0 Å². The Morgan fingerprint density at radius 3 is 2.57 bits per heavy atom. The SMILES string of the molecule is N#CC1=CC(C#N)CC(C#N)C1C1=C[C@@H](C2C=CCC3C4C=CC=CC4SC32)CC(C2CC=CC3c4ccccc4SC23)=C1. The van der Waals surface area contributed by atoms with Gasteiger partial charge < -0.3 is 0 Å². The van der Waals surface area contributed by atoms with Crippen molar-refractivity contribution >= 4 is 23.5 Å². The van der Waals surface area contributed by atoms with Gasteiger partial charge in [-0.25, -0.2) is 0 Å². The van der Waals surface area contributed by atoms with E-state index in [1.807, 2.05) is 17.8 Å². The highest BCUT2D eigenvalue weighted by atomic mass is 32.2. The van der Waals surface area contributed by atoms with Gasteiger partial charge in [-0.3, -0.25) is 0 Å². The molecule has 3 nitrogen and oxygen atoms in total. The second-order valence-electron chi connectivity index (χ2n) is 13.4. The lowest BCUT2D eigenvalue weighted by Crippen LogP contribution is -2.35. The molecule has 5 heteroatoms. The molecule has 0 amide bonds. The van der Waals surface area contributed by atoms with Gasteiger partial charge in [0.25, 0.3) is 0 Å². The van der Waals surface area contributed by atoms with Crippen LogP contribution in [0.1, 0.15) is 37.2 Å². The van der Waals surface area contributed by atoms with Gasteiger partial charge >= 0.3 is 0 Å². The summed E-state index contributed by atoms with van der Waals surface area (Å²) in [6.45, 7) is 0. The van der Waals surface area contributed by atoms with Crippen molar-refractivity contribution in [3.63, 3.8) is 0 Å². The van der Waals surface area contributed by atoms with Gasteiger partial charge in [-0.05, 0) is 72.5 Å². The molecule has 12 atom stereocenters. The van der Waals surface area contributed by atoms with E-state index in [1.54, 1.807) is 0 Å². The van der Waals surface area contributed by atoms with E-state index in [1.165, 1.54) is 16.0 Å². The van der Waals surface area contributed by atoms with Crippen LogP contribution in [0.5, 0.6) is 0 Å². The van der Waals surface area contributed by atoms with Crippen LogP contribution in [0.15, 0.2) is 113 Å². The van der Waals surface area contributed by atoms with Crippen molar-refractivity contribution in [3.8, 4) is 18.2 Å². The lowest BCUT2D eigenvalue weighted by molar-refractivity contribution is 0.309. The van der Waals surface area contributed by atoms with Crippen LogP contribution >= 0.6 is 23.5 Å². The maximum Gasteiger partial charge on any atom is 0.0951 e. The number of allylic oxidation sites excluding steroid dienone is 13. The molecule has 1 aromatic rings. The first kappa shape index (κ1) is 28.1. The van der Waals surface area contributed by atoms with Gasteiger partial charge in [-0.1, -0.05) is 90.6 Å². The Hall–Kier alpha value is -3.43. The second-order valence-corrected chi connectivity index (χ2v) is 16.0. The average molecular weight is 610 g/mol. The van der Waals surface area contributed by atoms with Crippen molar-refractivity contribution < 1.29 is 0 Å². The van der Waals surface area contributed by atoms with E-state index < -0.39 is 0 Å². The first-order chi connectivity index (χ1) is 21.7. The number of thioether (sulfide) groups is 2. The van der Waals surface area contributed by atoms with E-state index >= 15 is 0 Å². The molecular formula is C39H35N3S2. The van der Waals surface area contributed by atoms with Gasteiger partial charge in [-0.2, -0.15) is 15.8 Å². The Morgan fingerprint density at radius 1 is 0.841 bits per heavy atom. The monoisotopic (exact) mass is 609 g/mol. The van der Waals surface area contributed by atoms with Crippen molar-refractivity contribution in [2.24, 2.45) is 47.3 Å². The fourth-order valence-electron chi connectivity index (χ4n) is 9.21. The molecule has 1 saturated heterocycles. The number of hydrogen-bond donors (Lipinski definition) is 0. The average Bonchev–Trinajstić information content (AvgIpc) is 3.66. The number of hydrogen-bond acceptors (Lipinski definition) is 5. The minimum absolute atomic E-state index is 0.274. The molecule has 0 bridgehead atoms. The minimum Gasteiger partial charge on any atom is -0.198 e. The first-order valence-corrected chi connectivity index (χ1v) is 17.9. The quantitative estimate of drug-likeness (QED) is 0.320. The smallest absolute Gasteiger partial charge is 0.0951 e. The van der Waals surface area contributed by atoms with Gasteiger partial charge in [0, 0.05) is 38.1 Å². The van der Waals surface area contributed by atoms with Gasteiger partial charge in [0.1, 0.15) is 0 Å². The van der Waals surface area contributed by atoms with Gasteiger partial charge in [0.05, 0.1) is 30.0 Å². The van der Waals surface area contributed by atoms with Gasteiger partial charge in [-0.15, -0.1) is 23.5 Å². The Kier molecular flexibility index (Phi) is 7.33. The molecule has 0 aromatic heterocycles. The topological polar surface area (TPSA) is 71.4 Å². The molecule has 0 saturated carbocycles. The molecule has 0 spiro atoms. The molecule has 218 valence electrons. The summed E-state index contributed by atoms with van der Waals surface area (Å²) in [6, 6.07) is 16.2. The van der Waals surface area contributed by atoms with E-state index in [4.69, 9.17) is 0 Å². The molecule has 1 aromatic carbocycles. The summed E-state index contributed by atoms with van der Waals surface area (Å²) in [5.41, 5.74) is 4.66. The van der Waals surface area contributed by atoms with Crippen LogP contribution in [0.3, 0.4) is 0 Å². The number of nitriles is 3. The van der Waals surface area contributed by atoms with E-state index in [-0.39, 0.29) is 17.8 Å². The molecule has 0 radical (unpaired) electrons. The molecule has 2 heterocycles. The summed E-state index contributed by atoms with van der Waals surface area (Å²) in [5.74, 6) is 1.77. The molecule has 5 aliphatic carbocycles. The highest BCUT2D eigenvalue weighted by Gasteiger charge is 2.49. The zero-order chi connectivity index (χ0) is 29.8. The van der Waals surface area contributed by atoms with Crippen LogP contribution in [-0.2, 0) is 0 Å². The molecule has 2 aliphatic heterocycles. The maximum absolute atomic E-state index is 10.3. The minimum atomic E-state index is -0.381. The van der Waals surface area contributed by atoms with Gasteiger partial charge in [0.15, 0.2) is 0 Å². The summed E-state index contributed by atoms with van der Waals surface area (Å²) < 4.78 is 0. The van der Waals surface area contributed by atoms with Crippen molar-refractivity contribution in [3.05, 3.63) is 113 Å². The second kappa shape index (κ2) is 11.5. The van der Waals surface area contributed by atoms with E-state index in [0.717, 1.165) is 24.8 Å². The Morgan fingerprint density at radius 2 is 1.70 bits per heavy atom. The predicted molar refractivity (Wildman–Crippen MR) is 178 cm³/mol. The summed E-state index contributed by atoms with van der Waals surface area (Å²) in [7, 11) is 0. The number of benzene rings is 1. The summed E-state index contributed by atoms with van der Waals surface area (Å²) in [5, 5.41) is 31.9. The van der Waals surface area contributed by atoms with Crippen molar-refractivity contribution in [2.75, 3.05) is 0 Å². The first-order valence-electron chi connectivity index (χ1n) is 16.1. The third-order valence-corrected chi connectivity index (χ3v) is 14.5. The summed E-state index contributed by atoms with van der Waals surface area (Å²) >= 11 is 4.21. The van der Waals surface area contributed by atoms with Crippen LogP contribution in [-0.4, -0.2) is 15.7 Å². The fourth-order valence-corrected chi connectivity index (χ4v) is 12.8. The molecule has 44 heavy (non-hydrogen) atoms. The van der Waals surface area contributed by atoms with E-state index in [0.29, 0.717) is 63.3 Å². The Labute approximate surface area is 269 Å². The van der Waals surface area contributed by atoms with Crippen LogP contribution in [0.2, 0.25) is 0 Å². The van der Waals surface area contributed by atoms with Crippen LogP contribution in [0.4, 0.5) is 0 Å². The zero-order valence-corrected chi connectivity index (χ0v) is 26.2. The molecule has 7 aliphatic rings. The predicted octanol–water partition coefficient (Wildman–Crippen LogP) is 8.86. The maximum atomic E-state index is 10.3. The van der Waals surface area contributed by atoms with E-state index in [2.05, 4.69) is 115 Å². The molecular weight excluding hydrogens is 575 g/mol. The van der Waals surface area contributed by atoms with Crippen LogP contribution < -0.4 is 0 Å². The number of nitrogens with zero attached hydrogens (tertiary/aromatic N) is 3. The van der Waals surface area contributed by atoms with Crippen molar-refractivity contribution in [2.45, 2.75) is 52.2 Å². The molecule has 11 unspecified atom stereocenters. The third kappa shape index (κ3) is 4.62. The van der Waals surface area contributed by atoms with Crippen molar-refractivity contribution in [1.82, 2.24) is 0 Å². The third-order valence-electron chi connectivity index (χ3n) is 11.2. The van der Waals surface area contributed by atoms with Crippen LogP contribution in [0.25, 0.3) is 0 Å². The molecule has 0 N–H and O–H groups in total.